The Morgan fingerprint density at radius 1 is 1.50 bits per heavy atom. The minimum Gasteiger partial charge on any atom is -0.444 e. The van der Waals surface area contributed by atoms with E-state index in [2.05, 4.69) is 10.3 Å². The second-order valence-corrected chi connectivity index (χ2v) is 5.22. The van der Waals surface area contributed by atoms with Crippen molar-refractivity contribution in [3.8, 4) is 0 Å². The average molecular weight is 251 g/mol. The third-order valence-electron chi connectivity index (χ3n) is 2.23. The molecule has 1 aromatic heterocycles. The van der Waals surface area contributed by atoms with E-state index >= 15 is 0 Å². The Labute approximate surface area is 108 Å². The van der Waals surface area contributed by atoms with Gasteiger partial charge in [0.2, 0.25) is 0 Å². The fourth-order valence-electron chi connectivity index (χ4n) is 1.32. The summed E-state index contributed by atoms with van der Waals surface area (Å²) in [7, 11) is 0. The van der Waals surface area contributed by atoms with E-state index < -0.39 is 11.7 Å². The van der Waals surface area contributed by atoms with Crippen LogP contribution >= 0.6 is 0 Å². The number of hydrogen-bond donors (Lipinski definition) is 2. The molecule has 1 heterocycles. The van der Waals surface area contributed by atoms with Crippen molar-refractivity contribution in [2.75, 3.05) is 6.54 Å². The van der Waals surface area contributed by atoms with E-state index in [1.54, 1.807) is 6.20 Å². The number of aryl methyl sites for hydroxylation is 1. The van der Waals surface area contributed by atoms with Crippen molar-refractivity contribution in [3.63, 3.8) is 0 Å². The number of nitrogens with two attached hydrogens (primary N) is 1. The number of carbonyl (C=O) groups excluding carboxylic acids is 1. The van der Waals surface area contributed by atoms with Crippen molar-refractivity contribution in [2.24, 2.45) is 5.73 Å². The van der Waals surface area contributed by atoms with Gasteiger partial charge in [-0.15, -0.1) is 0 Å². The molecule has 0 saturated carbocycles. The van der Waals surface area contributed by atoms with Crippen LogP contribution in [0.2, 0.25) is 0 Å². The molecule has 0 saturated heterocycles. The summed E-state index contributed by atoms with van der Waals surface area (Å²) in [5, 5.41) is 2.64. The molecule has 100 valence electrons. The van der Waals surface area contributed by atoms with E-state index in [4.69, 9.17) is 10.5 Å². The quantitative estimate of drug-likeness (QED) is 0.860. The topological polar surface area (TPSA) is 77.2 Å². The van der Waals surface area contributed by atoms with Gasteiger partial charge in [0.1, 0.15) is 5.60 Å². The van der Waals surface area contributed by atoms with Gasteiger partial charge in [0.25, 0.3) is 0 Å². The Morgan fingerprint density at radius 3 is 2.67 bits per heavy atom. The lowest BCUT2D eigenvalue weighted by atomic mass is 10.1. The molecule has 0 aliphatic carbocycles. The highest BCUT2D eigenvalue weighted by Gasteiger charge is 2.16. The zero-order valence-electron chi connectivity index (χ0n) is 11.4. The second kappa shape index (κ2) is 5.82. The summed E-state index contributed by atoms with van der Waals surface area (Å²) in [6.45, 7) is 7.68. The van der Waals surface area contributed by atoms with E-state index in [0.717, 1.165) is 11.3 Å². The van der Waals surface area contributed by atoms with Gasteiger partial charge in [-0.2, -0.15) is 0 Å². The first-order valence-corrected chi connectivity index (χ1v) is 5.93. The first-order valence-electron chi connectivity index (χ1n) is 5.93. The number of nitrogens with one attached hydrogen (secondary N) is 1. The van der Waals surface area contributed by atoms with Crippen LogP contribution in [0.5, 0.6) is 0 Å². The molecule has 0 aliphatic rings. The van der Waals surface area contributed by atoms with Crippen LogP contribution in [0.1, 0.15) is 38.1 Å². The molecule has 1 aromatic rings. The maximum atomic E-state index is 11.4. The summed E-state index contributed by atoms with van der Waals surface area (Å²) in [6.07, 6.45) is 1.26. The molecule has 3 N–H and O–H groups in total. The molecule has 1 atom stereocenters. The Balaban J connectivity index is 2.44. The van der Waals surface area contributed by atoms with Crippen LogP contribution in [0.25, 0.3) is 0 Å². The van der Waals surface area contributed by atoms with Gasteiger partial charge in [-0.1, -0.05) is 6.07 Å². The van der Waals surface area contributed by atoms with Crippen molar-refractivity contribution in [2.45, 2.75) is 39.3 Å². The molecule has 0 aromatic carbocycles. The number of carbonyl (C=O) groups is 1. The number of alkyl carbamates (subject to hydrolysis) is 1. The number of nitrogens with zero attached hydrogens (tertiary/aromatic N) is 1. The third-order valence-corrected chi connectivity index (χ3v) is 2.23. The van der Waals surface area contributed by atoms with Crippen LogP contribution in [0, 0.1) is 6.92 Å². The molecule has 5 heteroatoms. The molecule has 0 radical (unpaired) electrons. The van der Waals surface area contributed by atoms with E-state index in [1.807, 2.05) is 39.8 Å². The highest BCUT2D eigenvalue weighted by molar-refractivity contribution is 5.67. The molecule has 0 spiro atoms. The standard InChI is InChI=1S/C13H21N3O2/c1-9-5-6-10(7-15-9)11(14)8-16-12(17)18-13(2,3)4/h5-7,11H,8,14H2,1-4H3,(H,16,17). The van der Waals surface area contributed by atoms with Crippen molar-refractivity contribution in [1.29, 1.82) is 0 Å². The summed E-state index contributed by atoms with van der Waals surface area (Å²) < 4.78 is 5.12. The van der Waals surface area contributed by atoms with Crippen LogP contribution in [0.4, 0.5) is 4.79 Å². The maximum absolute atomic E-state index is 11.4. The average Bonchev–Trinajstić information content (AvgIpc) is 2.24. The molecule has 5 nitrogen and oxygen atoms in total. The minimum absolute atomic E-state index is 0.286. The van der Waals surface area contributed by atoms with Crippen LogP contribution in [0.3, 0.4) is 0 Å². The fraction of sp³-hybridized carbons (Fsp3) is 0.538. The van der Waals surface area contributed by atoms with Gasteiger partial charge in [-0.25, -0.2) is 4.79 Å². The summed E-state index contributed by atoms with van der Waals surface area (Å²) in [4.78, 5) is 15.6. The van der Waals surface area contributed by atoms with Crippen LogP contribution < -0.4 is 11.1 Å². The zero-order chi connectivity index (χ0) is 13.8. The number of aromatic nitrogens is 1. The smallest absolute Gasteiger partial charge is 0.407 e. The van der Waals surface area contributed by atoms with Crippen LogP contribution in [-0.2, 0) is 4.74 Å². The normalized spacial score (nSPS) is 12.9. The van der Waals surface area contributed by atoms with Crippen LogP contribution in [-0.4, -0.2) is 23.2 Å². The Morgan fingerprint density at radius 2 is 2.17 bits per heavy atom. The minimum atomic E-state index is -0.500. The highest BCUT2D eigenvalue weighted by Crippen LogP contribution is 2.09. The third kappa shape index (κ3) is 5.14. The number of amides is 1. The predicted molar refractivity (Wildman–Crippen MR) is 70.1 cm³/mol. The Bertz CT molecular complexity index is 396. The van der Waals surface area contributed by atoms with Crippen molar-refractivity contribution in [1.82, 2.24) is 10.3 Å². The fourth-order valence-corrected chi connectivity index (χ4v) is 1.32. The van der Waals surface area contributed by atoms with E-state index in [9.17, 15) is 4.79 Å². The largest absolute Gasteiger partial charge is 0.444 e. The van der Waals surface area contributed by atoms with Crippen molar-refractivity contribution in [3.05, 3.63) is 29.6 Å². The molecular formula is C13H21N3O2. The molecule has 18 heavy (non-hydrogen) atoms. The van der Waals surface area contributed by atoms with Gasteiger partial charge in [-0.05, 0) is 39.3 Å². The van der Waals surface area contributed by atoms with E-state index in [1.165, 1.54) is 0 Å². The number of pyridine rings is 1. The lowest BCUT2D eigenvalue weighted by molar-refractivity contribution is 0.0524. The zero-order valence-corrected chi connectivity index (χ0v) is 11.4. The van der Waals surface area contributed by atoms with Crippen LogP contribution in [0.15, 0.2) is 18.3 Å². The molecular weight excluding hydrogens is 230 g/mol. The molecule has 0 fully saturated rings. The van der Waals surface area contributed by atoms with Crippen molar-refractivity contribution < 1.29 is 9.53 Å². The van der Waals surface area contributed by atoms with Gasteiger partial charge < -0.3 is 15.8 Å². The summed E-state index contributed by atoms with van der Waals surface area (Å²) >= 11 is 0. The van der Waals surface area contributed by atoms with Gasteiger partial charge in [0.15, 0.2) is 0 Å². The van der Waals surface area contributed by atoms with E-state index in [0.29, 0.717) is 6.54 Å². The number of rotatable bonds is 3. The lowest BCUT2D eigenvalue weighted by Crippen LogP contribution is -2.36. The SMILES string of the molecule is Cc1ccc(C(N)CNC(=O)OC(C)(C)C)cn1. The maximum Gasteiger partial charge on any atom is 0.407 e. The van der Waals surface area contributed by atoms with E-state index in [-0.39, 0.29) is 6.04 Å². The Hall–Kier alpha value is -1.62. The van der Waals surface area contributed by atoms with Crippen molar-refractivity contribution >= 4 is 6.09 Å². The van der Waals surface area contributed by atoms with Gasteiger partial charge in [-0.3, -0.25) is 4.98 Å². The lowest BCUT2D eigenvalue weighted by Gasteiger charge is -2.20. The molecule has 1 rings (SSSR count). The Kier molecular flexibility index (Phi) is 4.67. The molecule has 0 aliphatic heterocycles. The first kappa shape index (κ1) is 14.4. The highest BCUT2D eigenvalue weighted by atomic mass is 16.6. The molecule has 1 unspecified atom stereocenters. The monoisotopic (exact) mass is 251 g/mol. The summed E-state index contributed by atoms with van der Waals surface area (Å²) in [5.74, 6) is 0. The predicted octanol–water partition coefficient (Wildman–Crippen LogP) is 1.91. The summed E-state index contributed by atoms with van der Waals surface area (Å²) in [5.41, 5.74) is 7.27. The second-order valence-electron chi connectivity index (χ2n) is 5.22. The number of hydrogen-bond acceptors (Lipinski definition) is 4. The number of ether oxygens (including phenoxy) is 1. The van der Waals surface area contributed by atoms with Gasteiger partial charge in [0, 0.05) is 24.5 Å². The first-order chi connectivity index (χ1) is 8.28. The molecule has 0 bridgehead atoms. The summed E-state index contributed by atoms with van der Waals surface area (Å²) in [6, 6.07) is 3.51. The molecule has 1 amide bonds. The van der Waals surface area contributed by atoms with Gasteiger partial charge >= 0.3 is 6.09 Å². The van der Waals surface area contributed by atoms with Gasteiger partial charge in [0.05, 0.1) is 0 Å².